The molecule has 1 fully saturated rings. The summed E-state index contributed by atoms with van der Waals surface area (Å²) in [6, 6.07) is 10.0. The summed E-state index contributed by atoms with van der Waals surface area (Å²) in [5.74, 6) is 2.88. The van der Waals surface area contributed by atoms with Crippen molar-refractivity contribution in [1.29, 1.82) is 0 Å². The van der Waals surface area contributed by atoms with Crippen molar-refractivity contribution < 1.29 is 0 Å². The predicted octanol–water partition coefficient (Wildman–Crippen LogP) is 3.37. The highest BCUT2D eigenvalue weighted by Crippen LogP contribution is 2.30. The van der Waals surface area contributed by atoms with E-state index in [1.807, 2.05) is 37.3 Å². The fourth-order valence-corrected chi connectivity index (χ4v) is 4.08. The van der Waals surface area contributed by atoms with Crippen LogP contribution in [0.25, 0.3) is 21.6 Å². The minimum absolute atomic E-state index is 0.387. The molecule has 1 atom stereocenters. The molecule has 0 bridgehead atoms. The third-order valence-electron chi connectivity index (χ3n) is 4.78. The number of fused-ring (bicyclic) bond motifs is 1. The minimum Gasteiger partial charge on any atom is -0.365 e. The van der Waals surface area contributed by atoms with Crippen molar-refractivity contribution in [3.63, 3.8) is 0 Å². The number of nitrogens with zero attached hydrogens (tertiary/aromatic N) is 5. The fourth-order valence-electron chi connectivity index (χ4n) is 3.30. The van der Waals surface area contributed by atoms with Gasteiger partial charge in [-0.05, 0) is 55.6 Å². The Bertz CT molecular complexity index is 1130. The van der Waals surface area contributed by atoms with Gasteiger partial charge in [0, 0.05) is 24.3 Å². The van der Waals surface area contributed by atoms with Crippen molar-refractivity contribution in [2.45, 2.75) is 19.4 Å². The number of thiophene rings is 1. The zero-order valence-corrected chi connectivity index (χ0v) is 16.7. The number of aryl methyl sites for hydroxylation is 1. The molecule has 5 rings (SSSR count). The molecule has 1 unspecified atom stereocenters. The first-order chi connectivity index (χ1) is 14.2. The van der Waals surface area contributed by atoms with Gasteiger partial charge in [0.2, 0.25) is 0 Å². The van der Waals surface area contributed by atoms with Crippen LogP contribution in [0.5, 0.6) is 0 Å². The van der Waals surface area contributed by atoms with Gasteiger partial charge in [-0.2, -0.15) is 5.10 Å². The maximum absolute atomic E-state index is 4.84. The van der Waals surface area contributed by atoms with Gasteiger partial charge in [-0.25, -0.2) is 15.0 Å². The number of hydrogen-bond acceptors (Lipinski definition) is 9. The molecule has 0 amide bonds. The van der Waals surface area contributed by atoms with Crippen LogP contribution in [0.1, 0.15) is 12.1 Å². The molecule has 1 aliphatic rings. The molecule has 8 nitrogen and oxygen atoms in total. The van der Waals surface area contributed by atoms with Gasteiger partial charge in [0.15, 0.2) is 11.6 Å². The Morgan fingerprint density at radius 2 is 2.07 bits per heavy atom. The summed E-state index contributed by atoms with van der Waals surface area (Å²) in [6.45, 7) is 3.89. The van der Waals surface area contributed by atoms with E-state index in [-0.39, 0.29) is 0 Å². The Labute approximate surface area is 171 Å². The zero-order valence-electron chi connectivity index (χ0n) is 15.9. The maximum atomic E-state index is 4.84. The highest BCUT2D eigenvalue weighted by atomic mass is 32.1. The van der Waals surface area contributed by atoms with Crippen LogP contribution in [0.4, 0.5) is 17.5 Å². The zero-order chi connectivity index (χ0) is 19.6. The molecule has 0 aliphatic carbocycles. The monoisotopic (exact) mass is 404 g/mol. The van der Waals surface area contributed by atoms with Gasteiger partial charge in [-0.1, -0.05) is 0 Å². The average molecular weight is 405 g/mol. The summed E-state index contributed by atoms with van der Waals surface area (Å²) in [5.41, 5.74) is 2.71. The lowest BCUT2D eigenvalue weighted by Gasteiger charge is -2.14. The SMILES string of the molecule is Cc1ccc(Nc2cc(-c3nc(NC4CCNC4)c4sccc4n3)ccn2)nn1. The van der Waals surface area contributed by atoms with Crippen molar-refractivity contribution >= 4 is 39.0 Å². The second kappa shape index (κ2) is 7.69. The van der Waals surface area contributed by atoms with Gasteiger partial charge in [0.05, 0.1) is 15.9 Å². The van der Waals surface area contributed by atoms with Crippen LogP contribution in [0.2, 0.25) is 0 Å². The van der Waals surface area contributed by atoms with Crippen molar-refractivity contribution in [2.24, 2.45) is 0 Å². The van der Waals surface area contributed by atoms with Crippen molar-refractivity contribution in [2.75, 3.05) is 23.7 Å². The van der Waals surface area contributed by atoms with Gasteiger partial charge in [-0.3, -0.25) is 0 Å². The molecule has 146 valence electrons. The third-order valence-corrected chi connectivity index (χ3v) is 5.69. The Balaban J connectivity index is 1.47. The van der Waals surface area contributed by atoms with E-state index in [2.05, 4.69) is 36.5 Å². The molecular formula is C20H20N8S. The van der Waals surface area contributed by atoms with Gasteiger partial charge in [0.25, 0.3) is 0 Å². The maximum Gasteiger partial charge on any atom is 0.162 e. The molecular weight excluding hydrogens is 384 g/mol. The first-order valence-electron chi connectivity index (χ1n) is 9.51. The number of pyridine rings is 1. The normalized spacial score (nSPS) is 16.2. The van der Waals surface area contributed by atoms with Crippen LogP contribution >= 0.6 is 11.3 Å². The smallest absolute Gasteiger partial charge is 0.162 e. The van der Waals surface area contributed by atoms with Crippen LogP contribution in [0.3, 0.4) is 0 Å². The molecule has 4 aromatic heterocycles. The highest BCUT2D eigenvalue weighted by Gasteiger charge is 2.18. The van der Waals surface area contributed by atoms with Crippen LogP contribution in [-0.2, 0) is 0 Å². The van der Waals surface area contributed by atoms with Crippen LogP contribution in [-0.4, -0.2) is 44.3 Å². The molecule has 0 radical (unpaired) electrons. The predicted molar refractivity (Wildman–Crippen MR) is 116 cm³/mol. The number of aromatic nitrogens is 5. The summed E-state index contributed by atoms with van der Waals surface area (Å²) >= 11 is 1.66. The largest absolute Gasteiger partial charge is 0.365 e. The van der Waals surface area contributed by atoms with Gasteiger partial charge in [-0.15, -0.1) is 16.4 Å². The van der Waals surface area contributed by atoms with E-state index in [0.717, 1.165) is 46.8 Å². The van der Waals surface area contributed by atoms with E-state index >= 15 is 0 Å². The highest BCUT2D eigenvalue weighted by molar-refractivity contribution is 7.17. The van der Waals surface area contributed by atoms with Crippen molar-refractivity contribution in [3.05, 3.63) is 47.6 Å². The number of nitrogens with one attached hydrogen (secondary N) is 3. The Kier molecular flexibility index (Phi) is 4.74. The Morgan fingerprint density at radius 1 is 1.10 bits per heavy atom. The third kappa shape index (κ3) is 3.87. The second-order valence-corrected chi connectivity index (χ2v) is 7.90. The molecule has 0 saturated carbocycles. The topological polar surface area (TPSA) is 101 Å². The fraction of sp³-hybridized carbons (Fsp3) is 0.250. The molecule has 5 heterocycles. The molecule has 0 spiro atoms. The molecule has 1 aliphatic heterocycles. The van der Waals surface area contributed by atoms with Crippen LogP contribution in [0.15, 0.2) is 41.9 Å². The molecule has 1 saturated heterocycles. The lowest BCUT2D eigenvalue weighted by Crippen LogP contribution is -2.22. The number of rotatable bonds is 5. The van der Waals surface area contributed by atoms with E-state index < -0.39 is 0 Å². The Morgan fingerprint density at radius 3 is 2.90 bits per heavy atom. The molecule has 3 N–H and O–H groups in total. The lowest BCUT2D eigenvalue weighted by molar-refractivity contribution is 0.789. The molecule has 4 aromatic rings. The summed E-state index contributed by atoms with van der Waals surface area (Å²) in [4.78, 5) is 14.0. The first-order valence-corrected chi connectivity index (χ1v) is 10.4. The van der Waals surface area contributed by atoms with E-state index in [9.17, 15) is 0 Å². The first kappa shape index (κ1) is 17.9. The van der Waals surface area contributed by atoms with Crippen LogP contribution < -0.4 is 16.0 Å². The van der Waals surface area contributed by atoms with Gasteiger partial charge >= 0.3 is 0 Å². The lowest BCUT2D eigenvalue weighted by atomic mass is 10.2. The van der Waals surface area contributed by atoms with Gasteiger partial charge in [0.1, 0.15) is 11.6 Å². The summed E-state index contributed by atoms with van der Waals surface area (Å²) in [5, 5.41) is 20.4. The second-order valence-electron chi connectivity index (χ2n) is 6.98. The van der Waals surface area contributed by atoms with Crippen LogP contribution in [0, 0.1) is 6.92 Å². The number of anilines is 3. The standard InChI is InChI=1S/C20H20N8S/c1-12-2-3-16(28-27-12)25-17-10-13(4-8-22-17)19-24-15-6-9-29-18(15)20(26-19)23-14-5-7-21-11-14/h2-4,6,8-10,14,21H,5,7,11H2,1H3,(H,22,25,28)(H,23,24,26). The molecule has 9 heteroatoms. The average Bonchev–Trinajstić information content (AvgIpc) is 3.42. The summed E-state index contributed by atoms with van der Waals surface area (Å²) in [6.07, 6.45) is 2.83. The van der Waals surface area contributed by atoms with E-state index in [4.69, 9.17) is 9.97 Å². The molecule has 0 aromatic carbocycles. The quantitative estimate of drug-likeness (QED) is 0.465. The van der Waals surface area contributed by atoms with Crippen molar-refractivity contribution in [1.82, 2.24) is 30.5 Å². The van der Waals surface area contributed by atoms with E-state index in [0.29, 0.717) is 23.5 Å². The number of hydrogen-bond donors (Lipinski definition) is 3. The summed E-state index contributed by atoms with van der Waals surface area (Å²) in [7, 11) is 0. The summed E-state index contributed by atoms with van der Waals surface area (Å²) < 4.78 is 1.09. The van der Waals surface area contributed by atoms with E-state index in [1.54, 1.807) is 17.5 Å². The minimum atomic E-state index is 0.387. The Hall–Kier alpha value is -3.17. The van der Waals surface area contributed by atoms with Gasteiger partial charge < -0.3 is 16.0 Å². The van der Waals surface area contributed by atoms with Crippen molar-refractivity contribution in [3.8, 4) is 11.4 Å². The molecule has 29 heavy (non-hydrogen) atoms. The van der Waals surface area contributed by atoms with E-state index in [1.165, 1.54) is 0 Å².